The number of hydrogen-bond donors (Lipinski definition) is 1. The van der Waals surface area contributed by atoms with Crippen LogP contribution < -0.4 is 0 Å². The number of esters is 2. The summed E-state index contributed by atoms with van der Waals surface area (Å²) < 4.78 is 38.0. The van der Waals surface area contributed by atoms with Crippen LogP contribution in [0.3, 0.4) is 0 Å². The molecule has 0 aliphatic rings. The van der Waals surface area contributed by atoms with E-state index in [2.05, 4.69) is 9.47 Å². The van der Waals surface area contributed by atoms with E-state index in [0.29, 0.717) is 0 Å². The van der Waals surface area contributed by atoms with Crippen molar-refractivity contribution in [3.05, 3.63) is 0 Å². The number of ether oxygens (including phenoxy) is 2. The molecule has 0 aromatic rings. The normalized spacial score (nSPS) is 10.6. The number of rotatable bonds is 6. The molecular weight excluding hydrogens is 263 g/mol. The summed E-state index contributed by atoms with van der Waals surface area (Å²) >= 11 is 0. The summed E-state index contributed by atoms with van der Waals surface area (Å²) in [6.07, 6.45) is -0.0904. The van der Waals surface area contributed by atoms with Gasteiger partial charge in [0.15, 0.2) is 5.92 Å². The van der Waals surface area contributed by atoms with Gasteiger partial charge >= 0.3 is 41.5 Å². The van der Waals surface area contributed by atoms with Crippen molar-refractivity contribution < 1.29 is 32.0 Å². The molecule has 7 nitrogen and oxygen atoms in total. The van der Waals surface area contributed by atoms with Crippen molar-refractivity contribution in [3.8, 4) is 0 Å². The number of carbonyl (C=O) groups is 2. The molecule has 0 aromatic heterocycles. The second-order valence-electron chi connectivity index (χ2n) is 3.03. The van der Waals surface area contributed by atoms with E-state index in [0.717, 1.165) is 14.2 Å². The predicted molar refractivity (Wildman–Crippen MR) is 60.3 cm³/mol. The first-order valence-electron chi connectivity index (χ1n) is 4.42. The zero-order valence-electron chi connectivity index (χ0n) is 9.00. The molecule has 0 bridgehead atoms. The van der Waals surface area contributed by atoms with E-state index in [1.54, 1.807) is 0 Å². The quantitative estimate of drug-likeness (QED) is 0.286. The van der Waals surface area contributed by atoms with E-state index < -0.39 is 33.7 Å². The SMILES string of the molecule is COC(=O)C(CCCS(=O)(=O)O)C(=O)OC.[NaH]. The molecular formula is C8H15NaO7S. The van der Waals surface area contributed by atoms with Gasteiger partial charge in [0.1, 0.15) is 0 Å². The third kappa shape index (κ3) is 8.56. The summed E-state index contributed by atoms with van der Waals surface area (Å²) in [6.45, 7) is 0. The summed E-state index contributed by atoms with van der Waals surface area (Å²) in [5.74, 6) is -3.25. The Balaban J connectivity index is 0. The Labute approximate surface area is 122 Å². The van der Waals surface area contributed by atoms with Crippen LogP contribution in [0.1, 0.15) is 12.8 Å². The van der Waals surface area contributed by atoms with Crippen molar-refractivity contribution in [1.29, 1.82) is 0 Å². The molecule has 0 aliphatic carbocycles. The van der Waals surface area contributed by atoms with E-state index in [4.69, 9.17) is 4.55 Å². The molecule has 0 amide bonds. The second kappa shape index (κ2) is 8.87. The third-order valence-electron chi connectivity index (χ3n) is 1.87. The van der Waals surface area contributed by atoms with Gasteiger partial charge in [-0.15, -0.1) is 0 Å². The van der Waals surface area contributed by atoms with Crippen molar-refractivity contribution >= 4 is 51.6 Å². The van der Waals surface area contributed by atoms with Crippen LogP contribution in [0.15, 0.2) is 0 Å². The summed E-state index contributed by atoms with van der Waals surface area (Å²) in [4.78, 5) is 22.3. The minimum atomic E-state index is -4.09. The number of hydrogen-bond acceptors (Lipinski definition) is 6. The molecule has 0 heterocycles. The van der Waals surface area contributed by atoms with E-state index in [-0.39, 0.29) is 42.4 Å². The van der Waals surface area contributed by atoms with Crippen LogP contribution in [-0.4, -0.2) is 74.4 Å². The summed E-state index contributed by atoms with van der Waals surface area (Å²) in [7, 11) is -1.86. The summed E-state index contributed by atoms with van der Waals surface area (Å²) in [5.41, 5.74) is 0. The first-order chi connectivity index (χ1) is 7.31. The van der Waals surface area contributed by atoms with E-state index in [1.807, 2.05) is 0 Å². The molecule has 9 heteroatoms. The Morgan fingerprint density at radius 2 is 1.59 bits per heavy atom. The molecule has 17 heavy (non-hydrogen) atoms. The van der Waals surface area contributed by atoms with Gasteiger partial charge in [0.25, 0.3) is 10.1 Å². The monoisotopic (exact) mass is 278 g/mol. The van der Waals surface area contributed by atoms with Crippen LogP contribution in [0.5, 0.6) is 0 Å². The van der Waals surface area contributed by atoms with Gasteiger partial charge in [-0.25, -0.2) is 0 Å². The average Bonchev–Trinajstić information content (AvgIpc) is 2.21. The maximum absolute atomic E-state index is 11.1. The molecule has 0 saturated carbocycles. The van der Waals surface area contributed by atoms with Gasteiger partial charge in [0.2, 0.25) is 0 Å². The van der Waals surface area contributed by atoms with Crippen molar-refractivity contribution in [1.82, 2.24) is 0 Å². The fraction of sp³-hybridized carbons (Fsp3) is 0.750. The Morgan fingerprint density at radius 1 is 1.18 bits per heavy atom. The van der Waals surface area contributed by atoms with Gasteiger partial charge in [0, 0.05) is 0 Å². The van der Waals surface area contributed by atoms with Crippen LogP contribution in [0.2, 0.25) is 0 Å². The number of carbonyl (C=O) groups excluding carboxylic acids is 2. The van der Waals surface area contributed by atoms with Crippen LogP contribution in [0.4, 0.5) is 0 Å². The van der Waals surface area contributed by atoms with Crippen LogP contribution in [0.25, 0.3) is 0 Å². The van der Waals surface area contributed by atoms with Crippen molar-refractivity contribution in [3.63, 3.8) is 0 Å². The zero-order valence-corrected chi connectivity index (χ0v) is 9.82. The van der Waals surface area contributed by atoms with E-state index in [1.165, 1.54) is 0 Å². The standard InChI is InChI=1S/C8H14O7S.Na.H/c1-14-7(9)6(8(10)15-2)4-3-5-16(11,12)13;;/h6H,3-5H2,1-2H3,(H,11,12,13);;. The molecule has 0 rings (SSSR count). The fourth-order valence-electron chi connectivity index (χ4n) is 1.09. The van der Waals surface area contributed by atoms with E-state index in [9.17, 15) is 18.0 Å². The Hall–Kier alpha value is -0.150. The summed E-state index contributed by atoms with van der Waals surface area (Å²) in [6, 6.07) is 0. The Bertz CT molecular complexity index is 335. The second-order valence-corrected chi connectivity index (χ2v) is 4.60. The first kappa shape index (κ1) is 19.2. The first-order valence-corrected chi connectivity index (χ1v) is 6.03. The molecule has 0 spiro atoms. The van der Waals surface area contributed by atoms with Crippen molar-refractivity contribution in [2.45, 2.75) is 12.8 Å². The molecule has 96 valence electrons. The molecule has 0 aromatic carbocycles. The predicted octanol–water partition coefficient (Wildman–Crippen LogP) is -1.03. The Morgan fingerprint density at radius 3 is 1.88 bits per heavy atom. The number of methoxy groups -OCH3 is 2. The molecule has 1 N–H and O–H groups in total. The van der Waals surface area contributed by atoms with Gasteiger partial charge in [-0.05, 0) is 12.8 Å². The van der Waals surface area contributed by atoms with Gasteiger partial charge in [0.05, 0.1) is 20.0 Å². The molecule has 0 aliphatic heterocycles. The van der Waals surface area contributed by atoms with Gasteiger partial charge in [-0.2, -0.15) is 8.42 Å². The van der Waals surface area contributed by atoms with Crippen molar-refractivity contribution in [2.75, 3.05) is 20.0 Å². The summed E-state index contributed by atoms with van der Waals surface area (Å²) in [5, 5.41) is 0. The molecule has 0 fully saturated rings. The van der Waals surface area contributed by atoms with Crippen LogP contribution in [-0.2, 0) is 29.2 Å². The van der Waals surface area contributed by atoms with Crippen molar-refractivity contribution in [2.24, 2.45) is 5.92 Å². The van der Waals surface area contributed by atoms with Gasteiger partial charge in [-0.3, -0.25) is 14.1 Å². The van der Waals surface area contributed by atoms with Gasteiger partial charge in [-0.1, -0.05) is 0 Å². The van der Waals surface area contributed by atoms with Crippen LogP contribution in [0, 0.1) is 5.92 Å². The molecule has 0 radical (unpaired) electrons. The third-order valence-corrected chi connectivity index (χ3v) is 2.67. The van der Waals surface area contributed by atoms with Crippen LogP contribution >= 0.6 is 0 Å². The molecule has 0 saturated heterocycles. The molecule has 0 unspecified atom stereocenters. The fourth-order valence-corrected chi connectivity index (χ4v) is 1.62. The Kier molecular flexibility index (Phi) is 10.0. The van der Waals surface area contributed by atoms with E-state index >= 15 is 0 Å². The maximum atomic E-state index is 11.1. The average molecular weight is 278 g/mol. The zero-order chi connectivity index (χ0) is 12.8. The topological polar surface area (TPSA) is 107 Å². The molecule has 0 atom stereocenters. The minimum absolute atomic E-state index is 0. The van der Waals surface area contributed by atoms with Gasteiger partial charge < -0.3 is 9.47 Å².